The van der Waals surface area contributed by atoms with Gasteiger partial charge in [0.2, 0.25) is 5.91 Å². The van der Waals surface area contributed by atoms with E-state index in [1.165, 1.54) is 0 Å². The zero-order chi connectivity index (χ0) is 17.1. The van der Waals surface area contributed by atoms with E-state index in [4.69, 9.17) is 9.47 Å². The number of esters is 1. The minimum Gasteiger partial charge on any atom is -0.463 e. The monoisotopic (exact) mass is 391 g/mol. The minimum atomic E-state index is -0.725. The highest BCUT2D eigenvalue weighted by Crippen LogP contribution is 2.53. The van der Waals surface area contributed by atoms with Gasteiger partial charge in [0.25, 0.3) is 0 Å². The third-order valence-corrected chi connectivity index (χ3v) is 5.54. The van der Waals surface area contributed by atoms with Crippen molar-refractivity contribution < 1.29 is 19.1 Å². The van der Waals surface area contributed by atoms with Gasteiger partial charge >= 0.3 is 5.97 Å². The molecule has 0 radical (unpaired) electrons. The van der Waals surface area contributed by atoms with Crippen molar-refractivity contribution in [3.05, 3.63) is 40.9 Å². The van der Waals surface area contributed by atoms with Crippen LogP contribution in [0.3, 0.4) is 0 Å². The Morgan fingerprint density at radius 2 is 2.17 bits per heavy atom. The summed E-state index contributed by atoms with van der Waals surface area (Å²) in [5.74, 6) is -1.53. The zero-order valence-corrected chi connectivity index (χ0v) is 15.0. The molecule has 0 saturated carbocycles. The molecule has 6 heteroatoms. The molecule has 24 heavy (non-hydrogen) atoms. The summed E-state index contributed by atoms with van der Waals surface area (Å²) in [6, 6.07) is 7.57. The smallest absolute Gasteiger partial charge is 0.313 e. The van der Waals surface area contributed by atoms with Crippen LogP contribution in [0.25, 0.3) is 0 Å². The molecule has 1 aromatic carbocycles. The van der Waals surface area contributed by atoms with Gasteiger partial charge in [-0.3, -0.25) is 9.59 Å². The molecular weight excluding hydrogens is 374 g/mol. The first kappa shape index (κ1) is 15.8. The maximum atomic E-state index is 13.1. The lowest BCUT2D eigenvalue weighted by atomic mass is 9.77. The second kappa shape index (κ2) is 5.43. The standard InChI is InChI=1S/C18H18BrNO4/c1-10(2)23-17(22)14-13-7-8-18(24-13)9-20(16(21)15(14)18)12-6-4-3-5-11(12)19/h3-8,10,13-15H,9H2,1-2H3/t13-,14-,15-,18+/m0/s1. The van der Waals surface area contributed by atoms with Crippen LogP contribution in [-0.4, -0.2) is 36.2 Å². The lowest BCUT2D eigenvalue weighted by Gasteiger charge is -2.23. The second-order valence-corrected chi connectivity index (χ2v) is 7.62. The number of amides is 1. The van der Waals surface area contributed by atoms with Crippen molar-refractivity contribution in [3.8, 4) is 0 Å². The van der Waals surface area contributed by atoms with E-state index in [2.05, 4.69) is 15.9 Å². The average Bonchev–Trinajstić information content (AvgIpc) is 3.15. The van der Waals surface area contributed by atoms with Gasteiger partial charge < -0.3 is 14.4 Å². The maximum absolute atomic E-state index is 13.1. The highest BCUT2D eigenvalue weighted by molar-refractivity contribution is 9.10. The first-order valence-electron chi connectivity index (χ1n) is 8.06. The molecule has 3 heterocycles. The maximum Gasteiger partial charge on any atom is 0.313 e. The Bertz CT molecular complexity index is 746. The van der Waals surface area contributed by atoms with Crippen molar-refractivity contribution in [2.24, 2.45) is 11.8 Å². The van der Waals surface area contributed by atoms with Gasteiger partial charge in [-0.2, -0.15) is 0 Å². The Balaban J connectivity index is 1.69. The Morgan fingerprint density at radius 3 is 2.88 bits per heavy atom. The molecule has 2 saturated heterocycles. The first-order valence-corrected chi connectivity index (χ1v) is 8.86. The molecule has 0 aliphatic carbocycles. The molecule has 0 unspecified atom stereocenters. The summed E-state index contributed by atoms with van der Waals surface area (Å²) in [7, 11) is 0. The predicted octanol–water partition coefficient (Wildman–Crippen LogP) is 2.69. The summed E-state index contributed by atoms with van der Waals surface area (Å²) in [6.45, 7) is 4.03. The topological polar surface area (TPSA) is 55.8 Å². The number of para-hydroxylation sites is 1. The Morgan fingerprint density at radius 1 is 1.42 bits per heavy atom. The molecule has 126 valence electrons. The Labute approximate surface area is 148 Å². The molecule has 1 aromatic rings. The SMILES string of the molecule is CC(C)OC(=O)[C@H]1[C@@H]2C=C[C@]3(CN(c4ccccc4Br)C(=O)[C@H]13)O2. The molecule has 4 atom stereocenters. The number of benzene rings is 1. The highest BCUT2D eigenvalue weighted by Gasteiger charge is 2.67. The summed E-state index contributed by atoms with van der Waals surface area (Å²) in [6.07, 6.45) is 3.24. The van der Waals surface area contributed by atoms with Gasteiger partial charge in [0.15, 0.2) is 0 Å². The summed E-state index contributed by atoms with van der Waals surface area (Å²) < 4.78 is 12.3. The lowest BCUT2D eigenvalue weighted by Crippen LogP contribution is -2.40. The van der Waals surface area contributed by atoms with Crippen molar-refractivity contribution in [2.45, 2.75) is 31.7 Å². The largest absolute Gasteiger partial charge is 0.463 e. The van der Waals surface area contributed by atoms with Crippen LogP contribution in [0.5, 0.6) is 0 Å². The minimum absolute atomic E-state index is 0.0838. The van der Waals surface area contributed by atoms with Crippen LogP contribution in [-0.2, 0) is 19.1 Å². The van der Waals surface area contributed by atoms with Crippen LogP contribution >= 0.6 is 15.9 Å². The van der Waals surface area contributed by atoms with Crippen LogP contribution in [0.4, 0.5) is 5.69 Å². The Hall–Kier alpha value is -1.66. The molecule has 1 amide bonds. The van der Waals surface area contributed by atoms with Gasteiger partial charge in [-0.25, -0.2) is 0 Å². The highest BCUT2D eigenvalue weighted by atomic mass is 79.9. The first-order chi connectivity index (χ1) is 11.4. The van der Waals surface area contributed by atoms with Crippen LogP contribution in [0.15, 0.2) is 40.9 Å². The number of anilines is 1. The van der Waals surface area contributed by atoms with Crippen molar-refractivity contribution >= 4 is 33.5 Å². The van der Waals surface area contributed by atoms with Crippen molar-refractivity contribution in [2.75, 3.05) is 11.4 Å². The molecule has 1 spiro atoms. The van der Waals surface area contributed by atoms with Crippen molar-refractivity contribution in [3.63, 3.8) is 0 Å². The number of fused-ring (bicyclic) bond motifs is 1. The van der Waals surface area contributed by atoms with Gasteiger partial charge in [-0.15, -0.1) is 0 Å². The fourth-order valence-corrected chi connectivity index (χ4v) is 4.45. The van der Waals surface area contributed by atoms with Crippen LogP contribution in [0, 0.1) is 11.8 Å². The van der Waals surface area contributed by atoms with Crippen LogP contribution < -0.4 is 4.90 Å². The summed E-state index contributed by atoms with van der Waals surface area (Å²) >= 11 is 3.50. The number of nitrogens with zero attached hydrogens (tertiary/aromatic N) is 1. The third-order valence-electron chi connectivity index (χ3n) is 4.87. The molecule has 2 bridgehead atoms. The summed E-state index contributed by atoms with van der Waals surface area (Å²) in [5.41, 5.74) is 0.0697. The number of carbonyl (C=O) groups excluding carboxylic acids is 2. The number of ether oxygens (including phenoxy) is 2. The summed E-state index contributed by atoms with van der Waals surface area (Å²) in [4.78, 5) is 27.3. The average molecular weight is 392 g/mol. The molecule has 5 nitrogen and oxygen atoms in total. The number of carbonyl (C=O) groups is 2. The molecule has 4 rings (SSSR count). The number of hydrogen-bond acceptors (Lipinski definition) is 4. The summed E-state index contributed by atoms with van der Waals surface area (Å²) in [5, 5.41) is 0. The van der Waals surface area contributed by atoms with E-state index >= 15 is 0 Å². The molecule has 3 aliphatic rings. The quantitative estimate of drug-likeness (QED) is 0.587. The number of hydrogen-bond donors (Lipinski definition) is 0. The van der Waals surface area contributed by atoms with Gasteiger partial charge in [0.05, 0.1) is 30.4 Å². The van der Waals surface area contributed by atoms with E-state index in [0.29, 0.717) is 6.54 Å². The van der Waals surface area contributed by atoms with E-state index in [9.17, 15) is 9.59 Å². The van der Waals surface area contributed by atoms with Gasteiger partial charge in [0, 0.05) is 4.47 Å². The van der Waals surface area contributed by atoms with E-state index in [1.54, 1.807) is 18.7 Å². The molecule has 2 fully saturated rings. The van der Waals surface area contributed by atoms with Gasteiger partial charge in [-0.05, 0) is 41.9 Å². The fourth-order valence-electron chi connectivity index (χ4n) is 3.95. The Kier molecular flexibility index (Phi) is 3.58. The molecular formula is C18H18BrNO4. The predicted molar refractivity (Wildman–Crippen MR) is 91.4 cm³/mol. The van der Waals surface area contributed by atoms with Crippen LogP contribution in [0.1, 0.15) is 13.8 Å². The van der Waals surface area contributed by atoms with Gasteiger partial charge in [0.1, 0.15) is 11.5 Å². The lowest BCUT2D eigenvalue weighted by molar-refractivity contribution is -0.156. The fraction of sp³-hybridized carbons (Fsp3) is 0.444. The number of rotatable bonds is 3. The van der Waals surface area contributed by atoms with Crippen LogP contribution in [0.2, 0.25) is 0 Å². The number of halogens is 1. The molecule has 0 N–H and O–H groups in total. The molecule has 0 aromatic heterocycles. The normalized spacial score (nSPS) is 33.4. The van der Waals surface area contributed by atoms with E-state index in [0.717, 1.165) is 10.2 Å². The zero-order valence-electron chi connectivity index (χ0n) is 13.4. The molecule has 3 aliphatic heterocycles. The third kappa shape index (κ3) is 2.16. The van der Waals surface area contributed by atoms with E-state index in [-0.39, 0.29) is 24.1 Å². The van der Waals surface area contributed by atoms with Gasteiger partial charge in [-0.1, -0.05) is 24.3 Å². The van der Waals surface area contributed by atoms with E-state index < -0.39 is 17.4 Å². The van der Waals surface area contributed by atoms with Crippen molar-refractivity contribution in [1.82, 2.24) is 0 Å². The van der Waals surface area contributed by atoms with Crippen molar-refractivity contribution in [1.29, 1.82) is 0 Å². The van der Waals surface area contributed by atoms with E-state index in [1.807, 2.05) is 36.4 Å². The second-order valence-electron chi connectivity index (χ2n) is 6.76.